The van der Waals surface area contributed by atoms with Gasteiger partial charge in [0.2, 0.25) is 0 Å². The first-order valence-corrected chi connectivity index (χ1v) is 6.03. The molecule has 0 bridgehead atoms. The molecule has 0 spiro atoms. The molecule has 0 unspecified atom stereocenters. The molecule has 0 saturated heterocycles. The largest absolute Gasteiger partial charge is 0.508 e. The van der Waals surface area contributed by atoms with Crippen molar-refractivity contribution < 1.29 is 9.84 Å². The number of phenols is 1. The zero-order valence-corrected chi connectivity index (χ0v) is 11.0. The minimum absolute atomic E-state index is 0.241. The summed E-state index contributed by atoms with van der Waals surface area (Å²) in [5.41, 5.74) is 4.61. The van der Waals surface area contributed by atoms with Gasteiger partial charge in [0.25, 0.3) is 0 Å². The maximum Gasteiger partial charge on any atom is 0.123 e. The van der Waals surface area contributed by atoms with E-state index in [0.717, 1.165) is 11.1 Å². The molecule has 18 heavy (non-hydrogen) atoms. The summed E-state index contributed by atoms with van der Waals surface area (Å²) in [6, 6.07) is 11.6. The minimum atomic E-state index is 0.241. The van der Waals surface area contributed by atoms with Gasteiger partial charge in [0.15, 0.2) is 0 Å². The van der Waals surface area contributed by atoms with Crippen LogP contribution < -0.4 is 4.74 Å². The Kier molecular flexibility index (Phi) is 3.56. The second-order valence-electron chi connectivity index (χ2n) is 4.79. The van der Waals surface area contributed by atoms with Gasteiger partial charge < -0.3 is 9.84 Å². The van der Waals surface area contributed by atoms with Gasteiger partial charge in [0.1, 0.15) is 18.1 Å². The van der Waals surface area contributed by atoms with E-state index in [1.54, 1.807) is 12.1 Å². The lowest BCUT2D eigenvalue weighted by atomic mass is 10.1. The quantitative estimate of drug-likeness (QED) is 0.884. The number of aromatic hydroxyl groups is 1. The van der Waals surface area contributed by atoms with Crippen LogP contribution in [0.5, 0.6) is 11.5 Å². The first-order chi connectivity index (χ1) is 8.52. The Hall–Kier alpha value is -1.96. The van der Waals surface area contributed by atoms with Crippen molar-refractivity contribution in [3.63, 3.8) is 0 Å². The van der Waals surface area contributed by atoms with Crippen LogP contribution in [0.25, 0.3) is 0 Å². The zero-order chi connectivity index (χ0) is 13.1. The first kappa shape index (κ1) is 12.5. The second kappa shape index (κ2) is 5.13. The van der Waals surface area contributed by atoms with Crippen molar-refractivity contribution in [2.45, 2.75) is 27.4 Å². The molecule has 0 amide bonds. The standard InChI is InChI=1S/C16H18O2/c1-11-4-12(2)6-14(5-11)10-18-16-8-13(3)7-15(17)9-16/h4-9,17H,10H2,1-3H3. The lowest BCUT2D eigenvalue weighted by Gasteiger charge is -2.09. The van der Waals surface area contributed by atoms with E-state index in [0.29, 0.717) is 12.4 Å². The number of ether oxygens (including phenoxy) is 1. The molecule has 2 rings (SSSR count). The fraction of sp³-hybridized carbons (Fsp3) is 0.250. The third kappa shape index (κ3) is 3.27. The van der Waals surface area contributed by atoms with Gasteiger partial charge >= 0.3 is 0 Å². The Morgan fingerprint density at radius 1 is 0.833 bits per heavy atom. The van der Waals surface area contributed by atoms with Crippen LogP contribution in [-0.4, -0.2) is 5.11 Å². The van der Waals surface area contributed by atoms with Crippen LogP contribution in [0, 0.1) is 20.8 Å². The van der Waals surface area contributed by atoms with Crippen LogP contribution in [0.1, 0.15) is 22.3 Å². The normalized spacial score (nSPS) is 10.4. The molecule has 0 fully saturated rings. The highest BCUT2D eigenvalue weighted by molar-refractivity contribution is 5.37. The Morgan fingerprint density at radius 3 is 2.06 bits per heavy atom. The summed E-state index contributed by atoms with van der Waals surface area (Å²) in [7, 11) is 0. The summed E-state index contributed by atoms with van der Waals surface area (Å²) in [5.74, 6) is 0.942. The monoisotopic (exact) mass is 242 g/mol. The van der Waals surface area contributed by atoms with Gasteiger partial charge in [0.05, 0.1) is 0 Å². The van der Waals surface area contributed by atoms with Crippen LogP contribution in [0.15, 0.2) is 36.4 Å². The highest BCUT2D eigenvalue weighted by Crippen LogP contribution is 2.22. The van der Waals surface area contributed by atoms with Gasteiger partial charge in [0, 0.05) is 6.07 Å². The van der Waals surface area contributed by atoms with Crippen molar-refractivity contribution in [3.05, 3.63) is 58.7 Å². The lowest BCUT2D eigenvalue weighted by Crippen LogP contribution is -1.96. The van der Waals surface area contributed by atoms with Gasteiger partial charge in [-0.1, -0.05) is 29.3 Å². The molecule has 0 aliphatic carbocycles. The number of aryl methyl sites for hydroxylation is 3. The molecule has 2 aromatic carbocycles. The van der Waals surface area contributed by atoms with Crippen molar-refractivity contribution in [2.75, 3.05) is 0 Å². The Bertz CT molecular complexity index is 467. The minimum Gasteiger partial charge on any atom is -0.508 e. The first-order valence-electron chi connectivity index (χ1n) is 6.03. The summed E-state index contributed by atoms with van der Waals surface area (Å²) in [6.07, 6.45) is 0. The molecule has 1 N–H and O–H groups in total. The van der Waals surface area contributed by atoms with Gasteiger partial charge in [-0.2, -0.15) is 0 Å². The molecular weight excluding hydrogens is 224 g/mol. The number of phenolic OH excluding ortho intramolecular Hbond substituents is 1. The van der Waals surface area contributed by atoms with E-state index in [9.17, 15) is 5.11 Å². The van der Waals surface area contributed by atoms with Crippen molar-refractivity contribution in [2.24, 2.45) is 0 Å². The topological polar surface area (TPSA) is 29.5 Å². The smallest absolute Gasteiger partial charge is 0.123 e. The van der Waals surface area contributed by atoms with Crippen LogP contribution in [0.2, 0.25) is 0 Å². The van der Waals surface area contributed by atoms with E-state index in [1.807, 2.05) is 13.0 Å². The van der Waals surface area contributed by atoms with Crippen molar-refractivity contribution in [1.82, 2.24) is 0 Å². The second-order valence-corrected chi connectivity index (χ2v) is 4.79. The molecule has 0 heterocycles. The molecule has 0 radical (unpaired) electrons. The van der Waals surface area contributed by atoms with E-state index in [-0.39, 0.29) is 5.75 Å². The number of hydrogen-bond donors (Lipinski definition) is 1. The SMILES string of the molecule is Cc1cc(C)cc(COc2cc(C)cc(O)c2)c1. The van der Waals surface area contributed by atoms with E-state index in [2.05, 4.69) is 32.0 Å². The summed E-state index contributed by atoms with van der Waals surface area (Å²) in [4.78, 5) is 0. The highest BCUT2D eigenvalue weighted by Gasteiger charge is 2.01. The number of rotatable bonds is 3. The lowest BCUT2D eigenvalue weighted by molar-refractivity contribution is 0.304. The molecule has 0 aromatic heterocycles. The molecule has 94 valence electrons. The average Bonchev–Trinajstić information content (AvgIpc) is 2.23. The molecular formula is C16H18O2. The zero-order valence-electron chi connectivity index (χ0n) is 11.0. The van der Waals surface area contributed by atoms with Crippen LogP contribution in [-0.2, 0) is 6.61 Å². The predicted molar refractivity (Wildman–Crippen MR) is 73.1 cm³/mol. The van der Waals surface area contributed by atoms with Crippen molar-refractivity contribution in [1.29, 1.82) is 0 Å². The van der Waals surface area contributed by atoms with Gasteiger partial charge in [-0.3, -0.25) is 0 Å². The summed E-state index contributed by atoms with van der Waals surface area (Å²) in [6.45, 7) is 6.61. The van der Waals surface area contributed by atoms with Crippen molar-refractivity contribution in [3.8, 4) is 11.5 Å². The fourth-order valence-electron chi connectivity index (χ4n) is 2.13. The highest BCUT2D eigenvalue weighted by atomic mass is 16.5. The summed E-state index contributed by atoms with van der Waals surface area (Å²) < 4.78 is 5.70. The van der Waals surface area contributed by atoms with Crippen LogP contribution in [0.3, 0.4) is 0 Å². The number of hydrogen-bond acceptors (Lipinski definition) is 2. The molecule has 2 heteroatoms. The van der Waals surface area contributed by atoms with Gasteiger partial charge in [-0.05, 0) is 44.0 Å². The Morgan fingerprint density at radius 2 is 1.44 bits per heavy atom. The molecule has 0 atom stereocenters. The molecule has 0 aliphatic rings. The predicted octanol–water partition coefficient (Wildman–Crippen LogP) is 3.90. The third-order valence-electron chi connectivity index (χ3n) is 2.72. The molecule has 0 saturated carbocycles. The average molecular weight is 242 g/mol. The molecule has 2 nitrogen and oxygen atoms in total. The Labute approximate surface area is 108 Å². The maximum absolute atomic E-state index is 9.50. The third-order valence-corrected chi connectivity index (χ3v) is 2.72. The number of benzene rings is 2. The summed E-state index contributed by atoms with van der Waals surface area (Å²) >= 11 is 0. The van der Waals surface area contributed by atoms with Gasteiger partial charge in [-0.15, -0.1) is 0 Å². The van der Waals surface area contributed by atoms with Gasteiger partial charge in [-0.25, -0.2) is 0 Å². The Balaban J connectivity index is 2.11. The fourth-order valence-corrected chi connectivity index (χ4v) is 2.13. The maximum atomic E-state index is 9.50. The van der Waals surface area contributed by atoms with E-state index < -0.39 is 0 Å². The molecule has 2 aromatic rings. The van der Waals surface area contributed by atoms with Crippen molar-refractivity contribution >= 4 is 0 Å². The van der Waals surface area contributed by atoms with E-state index in [1.165, 1.54) is 11.1 Å². The van der Waals surface area contributed by atoms with Crippen LogP contribution >= 0.6 is 0 Å². The summed E-state index contributed by atoms with van der Waals surface area (Å²) in [5, 5.41) is 9.50. The van der Waals surface area contributed by atoms with E-state index >= 15 is 0 Å². The van der Waals surface area contributed by atoms with Crippen LogP contribution in [0.4, 0.5) is 0 Å². The molecule has 0 aliphatic heterocycles. The van der Waals surface area contributed by atoms with E-state index in [4.69, 9.17) is 4.74 Å².